The van der Waals surface area contributed by atoms with Crippen LogP contribution in [0.1, 0.15) is 88.2 Å². The van der Waals surface area contributed by atoms with Crippen LogP contribution < -0.4 is 9.47 Å². The highest BCUT2D eigenvalue weighted by atomic mass is 19.4. The summed E-state index contributed by atoms with van der Waals surface area (Å²) in [5.74, 6) is -3.99. The molecule has 0 radical (unpaired) electrons. The van der Waals surface area contributed by atoms with Crippen LogP contribution in [0.2, 0.25) is 0 Å². The van der Waals surface area contributed by atoms with E-state index in [9.17, 15) is 30.7 Å². The Labute approximate surface area is 230 Å². The summed E-state index contributed by atoms with van der Waals surface area (Å²) in [7, 11) is 0. The quantitative estimate of drug-likeness (QED) is 0.220. The van der Waals surface area contributed by atoms with E-state index in [1.807, 2.05) is 0 Å². The van der Waals surface area contributed by atoms with Crippen LogP contribution in [-0.4, -0.2) is 6.36 Å². The fourth-order valence-electron chi connectivity index (χ4n) is 6.00. The molecule has 9 heteroatoms. The molecule has 2 aliphatic carbocycles. The maximum Gasteiger partial charge on any atom is 0.573 e. The monoisotopic (exact) mass is 572 g/mol. The van der Waals surface area contributed by atoms with E-state index in [1.54, 1.807) is 12.1 Å². The molecule has 2 aromatic carbocycles. The topological polar surface area (TPSA) is 18.5 Å². The second kappa shape index (κ2) is 12.9. The standard InChI is InChI=1S/C31H35F7O2/c1-2-3-20-4-6-21(7-5-20)8-9-22-10-12-23(13-11-22)24-14-16-25(17-15-24)30(34,35)39-26-18-27(32)29(28(33)19-26)40-31(36,37)38/h8-9,14-23H,2-7,10-13H2,1H3/b9-8+. The number of halogens is 7. The average molecular weight is 573 g/mol. The number of ether oxygens (including phenoxy) is 2. The van der Waals surface area contributed by atoms with Crippen molar-refractivity contribution < 1.29 is 40.2 Å². The van der Waals surface area contributed by atoms with E-state index in [0.717, 1.165) is 37.2 Å². The molecule has 0 saturated heterocycles. The van der Waals surface area contributed by atoms with Gasteiger partial charge < -0.3 is 9.47 Å². The Kier molecular flexibility index (Phi) is 9.72. The molecule has 0 N–H and O–H groups in total. The summed E-state index contributed by atoms with van der Waals surface area (Å²) >= 11 is 0. The van der Waals surface area contributed by atoms with Crippen molar-refractivity contribution in [2.24, 2.45) is 17.8 Å². The third-order valence-electron chi connectivity index (χ3n) is 8.17. The Bertz CT molecular complexity index is 1100. The molecule has 0 atom stereocenters. The predicted molar refractivity (Wildman–Crippen MR) is 138 cm³/mol. The molecule has 220 valence electrons. The van der Waals surface area contributed by atoms with Gasteiger partial charge in [-0.3, -0.25) is 0 Å². The molecular formula is C31H35F7O2. The van der Waals surface area contributed by atoms with E-state index < -0.39 is 41.2 Å². The molecule has 2 saturated carbocycles. The lowest BCUT2D eigenvalue weighted by Crippen LogP contribution is -2.23. The van der Waals surface area contributed by atoms with Crippen molar-refractivity contribution in [3.63, 3.8) is 0 Å². The molecule has 40 heavy (non-hydrogen) atoms. The highest BCUT2D eigenvalue weighted by Gasteiger charge is 2.37. The molecule has 4 rings (SSSR count). The Morgan fingerprint density at radius 3 is 1.77 bits per heavy atom. The van der Waals surface area contributed by atoms with Gasteiger partial charge in [-0.15, -0.1) is 13.2 Å². The summed E-state index contributed by atoms with van der Waals surface area (Å²) in [6.07, 6.45) is 7.27. The SMILES string of the molecule is CCCC1CCC(/C=C/C2CCC(c3ccc(C(F)(F)Oc4cc(F)c(OC(F)(F)F)c(F)c4)cc3)CC2)CC1. The van der Waals surface area contributed by atoms with Gasteiger partial charge in [0.05, 0.1) is 5.56 Å². The van der Waals surface area contributed by atoms with Crippen molar-refractivity contribution in [1.82, 2.24) is 0 Å². The second-order valence-corrected chi connectivity index (χ2v) is 11.1. The first-order chi connectivity index (χ1) is 18.9. The number of hydrogen-bond acceptors (Lipinski definition) is 2. The molecule has 2 aliphatic rings. The summed E-state index contributed by atoms with van der Waals surface area (Å²) in [4.78, 5) is 0. The first-order valence-electron chi connectivity index (χ1n) is 14.0. The maximum atomic E-state index is 14.7. The van der Waals surface area contributed by atoms with Crippen LogP contribution in [0.15, 0.2) is 48.6 Å². The van der Waals surface area contributed by atoms with E-state index in [2.05, 4.69) is 28.5 Å². The average Bonchev–Trinajstić information content (AvgIpc) is 2.90. The summed E-state index contributed by atoms with van der Waals surface area (Å²) in [5, 5.41) is 0. The molecule has 0 aliphatic heterocycles. The van der Waals surface area contributed by atoms with Crippen molar-refractivity contribution in [2.75, 3.05) is 0 Å². The molecule has 0 unspecified atom stereocenters. The van der Waals surface area contributed by atoms with Crippen molar-refractivity contribution in [3.05, 3.63) is 71.3 Å². The van der Waals surface area contributed by atoms with Crippen molar-refractivity contribution in [1.29, 1.82) is 0 Å². The third-order valence-corrected chi connectivity index (χ3v) is 8.17. The molecule has 0 bridgehead atoms. The maximum absolute atomic E-state index is 14.7. The minimum Gasteiger partial charge on any atom is -0.429 e. The molecule has 2 aromatic rings. The van der Waals surface area contributed by atoms with Crippen LogP contribution in [0.5, 0.6) is 11.5 Å². The molecule has 2 nitrogen and oxygen atoms in total. The van der Waals surface area contributed by atoms with Crippen molar-refractivity contribution in [3.8, 4) is 11.5 Å². The molecule has 0 aromatic heterocycles. The van der Waals surface area contributed by atoms with Gasteiger partial charge in [0.15, 0.2) is 11.6 Å². The predicted octanol–water partition coefficient (Wildman–Crippen LogP) is 10.4. The third kappa shape index (κ3) is 8.16. The number of alkyl halides is 5. The van der Waals surface area contributed by atoms with E-state index in [1.165, 1.54) is 50.7 Å². The zero-order valence-electron chi connectivity index (χ0n) is 22.5. The van der Waals surface area contributed by atoms with Gasteiger partial charge in [-0.05, 0) is 92.7 Å². The Hall–Kier alpha value is -2.71. The molecule has 2 fully saturated rings. The highest BCUT2D eigenvalue weighted by Crippen LogP contribution is 2.40. The van der Waals surface area contributed by atoms with E-state index in [4.69, 9.17) is 0 Å². The minimum atomic E-state index is -5.35. The summed E-state index contributed by atoms with van der Waals surface area (Å²) < 4.78 is 102. The molecule has 0 spiro atoms. The summed E-state index contributed by atoms with van der Waals surface area (Å²) in [5.41, 5.74) is 0.389. The van der Waals surface area contributed by atoms with Crippen LogP contribution in [0.25, 0.3) is 0 Å². The van der Waals surface area contributed by atoms with Crippen molar-refractivity contribution >= 4 is 0 Å². The number of benzene rings is 2. The zero-order chi connectivity index (χ0) is 28.9. The van der Waals surface area contributed by atoms with Gasteiger partial charge in [0, 0.05) is 12.1 Å². The van der Waals surface area contributed by atoms with Gasteiger partial charge in [0.25, 0.3) is 0 Å². The van der Waals surface area contributed by atoms with E-state index in [0.29, 0.717) is 11.8 Å². The number of rotatable bonds is 9. The van der Waals surface area contributed by atoms with Crippen LogP contribution in [-0.2, 0) is 6.11 Å². The van der Waals surface area contributed by atoms with Gasteiger partial charge in [0.2, 0.25) is 5.75 Å². The first-order valence-corrected chi connectivity index (χ1v) is 14.0. The van der Waals surface area contributed by atoms with Gasteiger partial charge in [-0.1, -0.05) is 44.1 Å². The Balaban J connectivity index is 1.30. The second-order valence-electron chi connectivity index (χ2n) is 11.1. The Morgan fingerprint density at radius 2 is 1.27 bits per heavy atom. The highest BCUT2D eigenvalue weighted by molar-refractivity contribution is 5.36. The van der Waals surface area contributed by atoms with Crippen molar-refractivity contribution in [2.45, 2.75) is 89.5 Å². The fraction of sp³-hybridized carbons (Fsp3) is 0.548. The summed E-state index contributed by atoms with van der Waals surface area (Å²) in [6, 6.07) is 6.04. The lowest BCUT2D eigenvalue weighted by molar-refractivity contribution is -0.276. The van der Waals surface area contributed by atoms with Crippen LogP contribution in [0.3, 0.4) is 0 Å². The first kappa shape index (κ1) is 30.3. The smallest absolute Gasteiger partial charge is 0.429 e. The Morgan fingerprint density at radius 1 is 0.750 bits per heavy atom. The minimum absolute atomic E-state index is 0.219. The largest absolute Gasteiger partial charge is 0.573 e. The summed E-state index contributed by atoms with van der Waals surface area (Å²) in [6.45, 7) is 2.25. The van der Waals surface area contributed by atoms with Gasteiger partial charge in [-0.25, -0.2) is 8.78 Å². The van der Waals surface area contributed by atoms with E-state index in [-0.39, 0.29) is 18.1 Å². The normalized spacial score (nSPS) is 24.3. The van der Waals surface area contributed by atoms with Gasteiger partial charge in [-0.2, -0.15) is 8.78 Å². The van der Waals surface area contributed by atoms with Crippen LogP contribution >= 0.6 is 0 Å². The van der Waals surface area contributed by atoms with Gasteiger partial charge >= 0.3 is 12.5 Å². The molecular weight excluding hydrogens is 537 g/mol. The molecule has 0 amide bonds. The van der Waals surface area contributed by atoms with Gasteiger partial charge in [0.1, 0.15) is 5.75 Å². The van der Waals surface area contributed by atoms with Crippen LogP contribution in [0.4, 0.5) is 30.7 Å². The molecule has 0 heterocycles. The lowest BCUT2D eigenvalue weighted by atomic mass is 9.77. The number of hydrogen-bond donors (Lipinski definition) is 0. The van der Waals surface area contributed by atoms with Crippen LogP contribution in [0, 0.1) is 29.4 Å². The lowest BCUT2D eigenvalue weighted by Gasteiger charge is -2.29. The fourth-order valence-corrected chi connectivity index (χ4v) is 6.00. The van der Waals surface area contributed by atoms with E-state index >= 15 is 0 Å². The zero-order valence-corrected chi connectivity index (χ0v) is 22.5. The number of allylic oxidation sites excluding steroid dienone is 2.